The molecule has 4 aromatic rings. The van der Waals surface area contributed by atoms with E-state index in [1.165, 1.54) is 5.56 Å². The van der Waals surface area contributed by atoms with Crippen LogP contribution < -0.4 is 15.3 Å². The number of carbonyl (C=O) groups excluding carboxylic acids is 2. The van der Waals surface area contributed by atoms with Gasteiger partial charge in [-0.2, -0.15) is 0 Å². The molecule has 0 amide bonds. The van der Waals surface area contributed by atoms with Crippen molar-refractivity contribution in [1.82, 2.24) is 0 Å². The van der Waals surface area contributed by atoms with E-state index in [4.69, 9.17) is 10.6 Å². The zero-order valence-electron chi connectivity index (χ0n) is 19.6. The van der Waals surface area contributed by atoms with Crippen molar-refractivity contribution in [2.45, 2.75) is 33.1 Å². The molecule has 0 bridgehead atoms. The number of rotatable bonds is 9. The quantitative estimate of drug-likeness (QED) is 0.171. The van der Waals surface area contributed by atoms with Gasteiger partial charge in [-0.15, -0.1) is 0 Å². The Morgan fingerprint density at radius 2 is 1.65 bits per heavy atom. The molecule has 3 aromatic carbocycles. The smallest absolute Gasteiger partial charge is 0.242 e. The molecule has 0 saturated carbocycles. The number of nitrogens with zero attached hydrogens (tertiary/aromatic N) is 1. The van der Waals surface area contributed by atoms with Gasteiger partial charge in [0.25, 0.3) is 0 Å². The Morgan fingerprint density at radius 3 is 2.41 bits per heavy atom. The fourth-order valence-corrected chi connectivity index (χ4v) is 4.19. The lowest BCUT2D eigenvalue weighted by Crippen LogP contribution is -2.48. The summed E-state index contributed by atoms with van der Waals surface area (Å²) in [5, 5.41) is 1.11. The van der Waals surface area contributed by atoms with E-state index in [1.54, 1.807) is 41.1 Å². The predicted octanol–water partition coefficient (Wildman–Crippen LogP) is 4.79. The number of ether oxygens (including phenoxy) is 1. The molecule has 0 aliphatic heterocycles. The van der Waals surface area contributed by atoms with Gasteiger partial charge in [-0.05, 0) is 68.7 Å². The van der Waals surface area contributed by atoms with Crippen LogP contribution in [0.25, 0.3) is 10.9 Å². The van der Waals surface area contributed by atoms with E-state index >= 15 is 0 Å². The second-order valence-corrected chi connectivity index (χ2v) is 8.38. The Bertz CT molecular complexity index is 1340. The van der Waals surface area contributed by atoms with Crippen molar-refractivity contribution < 1.29 is 19.0 Å². The highest BCUT2D eigenvalue weighted by Crippen LogP contribution is 2.19. The van der Waals surface area contributed by atoms with Gasteiger partial charge < -0.3 is 4.74 Å². The monoisotopic (exact) mass is 453 g/mol. The van der Waals surface area contributed by atoms with E-state index in [0.29, 0.717) is 29.9 Å². The Morgan fingerprint density at radius 1 is 0.882 bits per heavy atom. The van der Waals surface area contributed by atoms with Crippen molar-refractivity contribution in [3.05, 3.63) is 107 Å². The van der Waals surface area contributed by atoms with Crippen LogP contribution in [0.4, 0.5) is 0 Å². The molecule has 0 atom stereocenters. The number of benzene rings is 3. The van der Waals surface area contributed by atoms with Crippen molar-refractivity contribution in [2.24, 2.45) is 0 Å². The molecule has 0 saturated heterocycles. The highest BCUT2D eigenvalue weighted by Gasteiger charge is 2.21. The van der Waals surface area contributed by atoms with E-state index in [2.05, 4.69) is 25.1 Å². The van der Waals surface area contributed by atoms with Crippen LogP contribution >= 0.6 is 0 Å². The van der Waals surface area contributed by atoms with E-state index < -0.39 is 11.6 Å². The Labute approximate surface area is 199 Å². The number of aromatic nitrogens is 1. The van der Waals surface area contributed by atoms with Crippen LogP contribution in [0, 0.1) is 6.92 Å². The van der Waals surface area contributed by atoms with Crippen molar-refractivity contribution >= 4 is 22.5 Å². The van der Waals surface area contributed by atoms with Crippen LogP contribution in [-0.4, -0.2) is 18.2 Å². The highest BCUT2D eigenvalue weighted by molar-refractivity contribution is 6.49. The van der Waals surface area contributed by atoms with Gasteiger partial charge in [-0.1, -0.05) is 40.6 Å². The molecule has 0 unspecified atom stereocenters. The number of carbonyl (C=O) groups is 2. The van der Waals surface area contributed by atoms with Gasteiger partial charge in [-0.25, -0.2) is 5.84 Å². The van der Waals surface area contributed by atoms with Gasteiger partial charge in [0, 0.05) is 35.1 Å². The number of Topliss-reactive ketones (excluding diaryl/α,β-unsaturated/α-hetero) is 2. The van der Waals surface area contributed by atoms with Crippen molar-refractivity contribution in [3.63, 3.8) is 0 Å². The summed E-state index contributed by atoms with van der Waals surface area (Å²) in [4.78, 5) is 25.9. The molecule has 172 valence electrons. The third kappa shape index (κ3) is 4.99. The Hall–Kier alpha value is -3.99. The first-order valence-corrected chi connectivity index (χ1v) is 11.6. The third-order valence-corrected chi connectivity index (χ3v) is 5.98. The number of hydrogen-bond donors (Lipinski definition) is 1. The maximum Gasteiger partial charge on any atom is 0.242 e. The Kier molecular flexibility index (Phi) is 7.02. The van der Waals surface area contributed by atoms with Crippen LogP contribution in [-0.2, 0) is 12.8 Å². The SMILES string of the molecule is CCOc1ccc(C(=O)C(=O)c2ccccc2CCCc2ccc3cc(C)ccc3[n+]2N)cc1. The average molecular weight is 454 g/mol. The van der Waals surface area contributed by atoms with Gasteiger partial charge in [0.2, 0.25) is 22.8 Å². The molecule has 5 nitrogen and oxygen atoms in total. The van der Waals surface area contributed by atoms with Crippen LogP contribution in [0.3, 0.4) is 0 Å². The maximum absolute atomic E-state index is 13.0. The molecule has 0 aliphatic rings. The lowest BCUT2D eigenvalue weighted by Gasteiger charge is -2.09. The molecule has 0 radical (unpaired) electrons. The molecule has 34 heavy (non-hydrogen) atoms. The molecule has 1 heterocycles. The lowest BCUT2D eigenvalue weighted by molar-refractivity contribution is -0.619. The molecule has 0 fully saturated rings. The number of nitrogens with two attached hydrogens (primary N) is 1. The first-order chi connectivity index (χ1) is 16.5. The predicted molar refractivity (Wildman–Crippen MR) is 134 cm³/mol. The number of pyridine rings is 1. The number of nitrogen functional groups attached to an aromatic ring is 1. The topological polar surface area (TPSA) is 73.3 Å². The number of ketones is 2. The van der Waals surface area contributed by atoms with Crippen LogP contribution in [0.1, 0.15) is 50.9 Å². The molecule has 4 rings (SSSR count). The van der Waals surface area contributed by atoms with E-state index in [1.807, 2.05) is 31.2 Å². The Balaban J connectivity index is 1.47. The third-order valence-electron chi connectivity index (χ3n) is 5.98. The van der Waals surface area contributed by atoms with Gasteiger partial charge in [-0.3, -0.25) is 9.59 Å². The molecule has 0 spiro atoms. The summed E-state index contributed by atoms with van der Waals surface area (Å²) in [6.07, 6.45) is 2.23. The molecule has 2 N–H and O–H groups in total. The van der Waals surface area contributed by atoms with Gasteiger partial charge >= 0.3 is 0 Å². The lowest BCUT2D eigenvalue weighted by atomic mass is 9.94. The fourth-order valence-electron chi connectivity index (χ4n) is 4.19. The zero-order valence-corrected chi connectivity index (χ0v) is 19.6. The van der Waals surface area contributed by atoms with E-state index in [0.717, 1.165) is 35.0 Å². The van der Waals surface area contributed by atoms with Gasteiger partial charge in [0.1, 0.15) is 5.75 Å². The van der Waals surface area contributed by atoms with Crippen molar-refractivity contribution in [2.75, 3.05) is 12.4 Å². The molecular formula is C29H29N2O3+. The minimum absolute atomic E-state index is 0.360. The number of fused-ring (bicyclic) bond motifs is 1. The molecular weight excluding hydrogens is 424 g/mol. The minimum atomic E-state index is -0.514. The molecule has 1 aromatic heterocycles. The summed E-state index contributed by atoms with van der Waals surface area (Å²) in [6.45, 7) is 4.50. The van der Waals surface area contributed by atoms with Crippen LogP contribution in [0.15, 0.2) is 78.9 Å². The normalized spacial score (nSPS) is 10.9. The van der Waals surface area contributed by atoms with Gasteiger partial charge in [0.05, 0.1) is 6.61 Å². The second kappa shape index (κ2) is 10.3. The zero-order chi connectivity index (χ0) is 24.1. The minimum Gasteiger partial charge on any atom is -0.494 e. The molecule has 5 heteroatoms. The number of hydrogen-bond acceptors (Lipinski definition) is 4. The van der Waals surface area contributed by atoms with Crippen molar-refractivity contribution in [3.8, 4) is 5.75 Å². The number of aryl methyl sites for hydroxylation is 3. The molecule has 0 aliphatic carbocycles. The van der Waals surface area contributed by atoms with E-state index in [9.17, 15) is 9.59 Å². The summed E-state index contributed by atoms with van der Waals surface area (Å²) in [5.41, 5.74) is 4.88. The van der Waals surface area contributed by atoms with Crippen molar-refractivity contribution in [1.29, 1.82) is 0 Å². The van der Waals surface area contributed by atoms with Crippen LogP contribution in [0.2, 0.25) is 0 Å². The maximum atomic E-state index is 13.0. The standard InChI is InChI=1S/C29H29N2O3/c1-3-34-25-16-13-22(14-17-25)28(32)29(33)26-10-5-4-7-21(26)8-6-9-24-15-12-23-19-20(2)11-18-27(23)31(24)30/h4-5,7,10-19H,3,6,8-9,30H2,1-2H3/q+1. The summed E-state index contributed by atoms with van der Waals surface area (Å²) in [5.74, 6) is 6.04. The van der Waals surface area contributed by atoms with E-state index in [-0.39, 0.29) is 0 Å². The highest BCUT2D eigenvalue weighted by atomic mass is 16.5. The fraction of sp³-hybridized carbons (Fsp3) is 0.207. The summed E-state index contributed by atoms with van der Waals surface area (Å²) >= 11 is 0. The average Bonchev–Trinajstić information content (AvgIpc) is 2.85. The summed E-state index contributed by atoms with van der Waals surface area (Å²) < 4.78 is 7.15. The van der Waals surface area contributed by atoms with Crippen LogP contribution in [0.5, 0.6) is 5.75 Å². The first-order valence-electron chi connectivity index (χ1n) is 11.6. The summed E-state index contributed by atoms with van der Waals surface area (Å²) in [7, 11) is 0. The second-order valence-electron chi connectivity index (χ2n) is 8.38. The van der Waals surface area contributed by atoms with Gasteiger partial charge in [0.15, 0.2) is 0 Å². The summed E-state index contributed by atoms with van der Waals surface area (Å²) in [6, 6.07) is 24.4. The largest absolute Gasteiger partial charge is 0.494 e. The first kappa shape index (κ1) is 23.2.